The van der Waals surface area contributed by atoms with Crippen LogP contribution < -0.4 is 10.1 Å². The number of aliphatic hydroxyl groups is 3. The summed E-state index contributed by atoms with van der Waals surface area (Å²) in [7, 11) is 0. The van der Waals surface area contributed by atoms with E-state index in [1.807, 2.05) is 6.07 Å². The lowest BCUT2D eigenvalue weighted by Crippen LogP contribution is -2.65. The Kier molecular flexibility index (Phi) is 5.13. The van der Waals surface area contributed by atoms with E-state index >= 15 is 0 Å². The number of carbonyl (C=O) groups is 1. The second kappa shape index (κ2) is 6.86. The van der Waals surface area contributed by atoms with Crippen molar-refractivity contribution < 1.29 is 29.6 Å². The first kappa shape index (κ1) is 15.7. The van der Waals surface area contributed by atoms with Gasteiger partial charge in [0.05, 0.1) is 6.61 Å². The van der Waals surface area contributed by atoms with Gasteiger partial charge in [0.1, 0.15) is 30.1 Å². The van der Waals surface area contributed by atoms with Crippen molar-refractivity contribution >= 4 is 5.91 Å². The number of para-hydroxylation sites is 1. The fourth-order valence-corrected chi connectivity index (χ4v) is 2.20. The van der Waals surface area contributed by atoms with E-state index < -0.39 is 37.3 Å². The minimum atomic E-state index is -1.32. The third kappa shape index (κ3) is 3.70. The molecular formula is C14H19NO6. The molecule has 0 saturated carbocycles. The summed E-state index contributed by atoms with van der Waals surface area (Å²) in [5, 5.41) is 31.7. The number of amides is 1. The van der Waals surface area contributed by atoms with Crippen molar-refractivity contribution in [3.05, 3.63) is 30.3 Å². The van der Waals surface area contributed by atoms with Gasteiger partial charge in [-0.15, -0.1) is 0 Å². The molecule has 116 valence electrons. The van der Waals surface area contributed by atoms with Gasteiger partial charge in [-0.25, -0.2) is 0 Å². The summed E-state index contributed by atoms with van der Waals surface area (Å²) in [6.07, 6.45) is -4.64. The van der Waals surface area contributed by atoms with E-state index in [1.54, 1.807) is 24.3 Å². The van der Waals surface area contributed by atoms with Gasteiger partial charge in [-0.05, 0) is 12.1 Å². The minimum absolute atomic E-state index is 0.390. The first-order valence-corrected chi connectivity index (χ1v) is 6.64. The van der Waals surface area contributed by atoms with Crippen LogP contribution in [0.3, 0.4) is 0 Å². The van der Waals surface area contributed by atoms with Crippen LogP contribution in [-0.4, -0.2) is 58.5 Å². The van der Waals surface area contributed by atoms with Crippen LogP contribution in [0, 0.1) is 0 Å². The van der Waals surface area contributed by atoms with Gasteiger partial charge in [0.25, 0.3) is 0 Å². The van der Waals surface area contributed by atoms with Gasteiger partial charge in [0.15, 0.2) is 0 Å². The summed E-state index contributed by atoms with van der Waals surface area (Å²) in [5.74, 6) is 0.0945. The zero-order chi connectivity index (χ0) is 15.4. The molecule has 0 bridgehead atoms. The second-order valence-electron chi connectivity index (χ2n) is 4.86. The molecule has 21 heavy (non-hydrogen) atoms. The molecule has 7 nitrogen and oxygen atoms in total. The summed E-state index contributed by atoms with van der Waals surface area (Å²) >= 11 is 0. The minimum Gasteiger partial charge on any atom is -0.463 e. The number of benzene rings is 1. The van der Waals surface area contributed by atoms with E-state index in [0.29, 0.717) is 5.75 Å². The van der Waals surface area contributed by atoms with Crippen LogP contribution in [0.2, 0.25) is 0 Å². The first-order chi connectivity index (χ1) is 10.0. The average Bonchev–Trinajstić information content (AvgIpc) is 2.47. The lowest BCUT2D eigenvalue weighted by Gasteiger charge is -2.42. The van der Waals surface area contributed by atoms with Gasteiger partial charge in [-0.3, -0.25) is 4.79 Å². The molecule has 1 fully saturated rings. The molecule has 1 amide bonds. The van der Waals surface area contributed by atoms with Crippen LogP contribution in [0.5, 0.6) is 5.75 Å². The summed E-state index contributed by atoms with van der Waals surface area (Å²) in [4.78, 5) is 11.2. The molecule has 1 aliphatic rings. The predicted octanol–water partition coefficient (Wildman–Crippen LogP) is -0.991. The van der Waals surface area contributed by atoms with E-state index in [1.165, 1.54) is 6.92 Å². The molecule has 1 heterocycles. The number of carbonyl (C=O) groups excluding carboxylic acids is 1. The zero-order valence-corrected chi connectivity index (χ0v) is 11.5. The van der Waals surface area contributed by atoms with Crippen LogP contribution in [0.4, 0.5) is 0 Å². The zero-order valence-electron chi connectivity index (χ0n) is 11.5. The highest BCUT2D eigenvalue weighted by atomic mass is 16.7. The maximum Gasteiger partial charge on any atom is 0.223 e. The molecule has 1 unspecified atom stereocenters. The monoisotopic (exact) mass is 297 g/mol. The Hall–Kier alpha value is -1.67. The number of hydrogen-bond acceptors (Lipinski definition) is 6. The van der Waals surface area contributed by atoms with Crippen molar-refractivity contribution in [2.75, 3.05) is 6.61 Å². The lowest BCUT2D eigenvalue weighted by molar-refractivity contribution is -0.244. The van der Waals surface area contributed by atoms with Gasteiger partial charge in [-0.2, -0.15) is 0 Å². The van der Waals surface area contributed by atoms with Gasteiger partial charge in [0, 0.05) is 6.92 Å². The molecule has 0 aromatic heterocycles. The SMILES string of the molecule is CC(=O)N[C@H]1C(Oc2ccccc2)O[C@H](CO)[C@@H](O)[C@@H]1O. The van der Waals surface area contributed by atoms with Crippen molar-refractivity contribution in [2.45, 2.75) is 37.6 Å². The Morgan fingerprint density at radius 3 is 2.52 bits per heavy atom. The molecule has 2 rings (SSSR count). The number of nitrogens with one attached hydrogen (secondary N) is 1. The van der Waals surface area contributed by atoms with Crippen LogP contribution in [-0.2, 0) is 9.53 Å². The van der Waals surface area contributed by atoms with Gasteiger partial charge in [-0.1, -0.05) is 18.2 Å². The standard InChI is InChI=1S/C14H19NO6/c1-8(17)15-11-13(19)12(18)10(7-16)21-14(11)20-9-5-3-2-4-6-9/h2-6,10-14,16,18-19H,7H2,1H3,(H,15,17)/t10-,11-,12-,13-,14?/m1/s1. The van der Waals surface area contributed by atoms with Crippen molar-refractivity contribution in [2.24, 2.45) is 0 Å². The largest absolute Gasteiger partial charge is 0.463 e. The van der Waals surface area contributed by atoms with E-state index in [4.69, 9.17) is 9.47 Å². The van der Waals surface area contributed by atoms with Crippen LogP contribution in [0.25, 0.3) is 0 Å². The van der Waals surface area contributed by atoms with Crippen LogP contribution in [0.15, 0.2) is 30.3 Å². The normalized spacial score (nSPS) is 32.5. The Bertz CT molecular complexity index is 468. The smallest absolute Gasteiger partial charge is 0.223 e. The van der Waals surface area contributed by atoms with E-state index in [0.717, 1.165) is 0 Å². The second-order valence-corrected chi connectivity index (χ2v) is 4.86. The van der Waals surface area contributed by atoms with Crippen molar-refractivity contribution in [1.82, 2.24) is 5.32 Å². The third-order valence-electron chi connectivity index (χ3n) is 3.25. The number of ether oxygens (including phenoxy) is 2. The molecular weight excluding hydrogens is 278 g/mol. The van der Waals surface area contributed by atoms with Gasteiger partial charge < -0.3 is 30.1 Å². The predicted molar refractivity (Wildman–Crippen MR) is 72.4 cm³/mol. The Balaban J connectivity index is 2.18. The first-order valence-electron chi connectivity index (χ1n) is 6.64. The van der Waals surface area contributed by atoms with E-state index in [2.05, 4.69) is 5.32 Å². The van der Waals surface area contributed by atoms with E-state index in [9.17, 15) is 20.1 Å². The highest BCUT2D eigenvalue weighted by Gasteiger charge is 2.45. The summed E-state index contributed by atoms with van der Waals surface area (Å²) in [5.41, 5.74) is 0. The highest BCUT2D eigenvalue weighted by molar-refractivity contribution is 5.73. The topological polar surface area (TPSA) is 108 Å². The van der Waals surface area contributed by atoms with Crippen molar-refractivity contribution in [3.63, 3.8) is 0 Å². The molecule has 1 aliphatic heterocycles. The van der Waals surface area contributed by atoms with Crippen molar-refractivity contribution in [1.29, 1.82) is 0 Å². The number of aliphatic hydroxyl groups excluding tert-OH is 3. The highest BCUT2D eigenvalue weighted by Crippen LogP contribution is 2.24. The van der Waals surface area contributed by atoms with Crippen LogP contribution in [0.1, 0.15) is 6.92 Å². The molecule has 1 saturated heterocycles. The maximum atomic E-state index is 11.2. The van der Waals surface area contributed by atoms with E-state index in [-0.39, 0.29) is 5.91 Å². The van der Waals surface area contributed by atoms with Crippen molar-refractivity contribution in [3.8, 4) is 5.75 Å². The molecule has 0 spiro atoms. The molecule has 1 aromatic rings. The number of rotatable bonds is 4. The van der Waals surface area contributed by atoms with Gasteiger partial charge in [0.2, 0.25) is 12.2 Å². The average molecular weight is 297 g/mol. The molecule has 5 atom stereocenters. The maximum absolute atomic E-state index is 11.2. The molecule has 0 aliphatic carbocycles. The molecule has 0 radical (unpaired) electrons. The fraction of sp³-hybridized carbons (Fsp3) is 0.500. The quantitative estimate of drug-likeness (QED) is 0.568. The van der Waals surface area contributed by atoms with Gasteiger partial charge >= 0.3 is 0 Å². The third-order valence-corrected chi connectivity index (χ3v) is 3.25. The Morgan fingerprint density at radius 1 is 1.29 bits per heavy atom. The summed E-state index contributed by atoms with van der Waals surface area (Å²) in [6, 6.07) is 7.79. The molecule has 7 heteroatoms. The number of hydrogen-bond donors (Lipinski definition) is 4. The Morgan fingerprint density at radius 2 is 1.95 bits per heavy atom. The lowest BCUT2D eigenvalue weighted by atomic mass is 9.97. The molecule has 1 aromatic carbocycles. The molecule has 4 N–H and O–H groups in total. The Labute approximate surface area is 122 Å². The summed E-state index contributed by atoms with van der Waals surface area (Å²) in [6.45, 7) is 0.816. The van der Waals surface area contributed by atoms with Crippen LogP contribution >= 0.6 is 0 Å². The summed E-state index contributed by atoms with van der Waals surface area (Å²) < 4.78 is 11.0. The fourth-order valence-electron chi connectivity index (χ4n) is 2.20.